The van der Waals surface area contributed by atoms with Crippen LogP contribution in [0.25, 0.3) is 10.8 Å². The number of hydrogen-bond acceptors (Lipinski definition) is 2. The molecule has 0 saturated carbocycles. The SMILES string of the molecule is Oc1ccc2c(Cl)nccc2c1F. The molecule has 1 aromatic carbocycles. The van der Waals surface area contributed by atoms with Gasteiger partial charge in [-0.1, -0.05) is 11.6 Å². The summed E-state index contributed by atoms with van der Waals surface area (Å²) in [5, 5.41) is 10.1. The summed E-state index contributed by atoms with van der Waals surface area (Å²) in [6, 6.07) is 4.25. The van der Waals surface area contributed by atoms with E-state index >= 15 is 0 Å². The monoisotopic (exact) mass is 197 g/mol. The Morgan fingerprint density at radius 3 is 2.77 bits per heavy atom. The Bertz CT molecular complexity index is 472. The molecule has 2 aromatic rings. The molecule has 1 heterocycles. The first kappa shape index (κ1) is 8.26. The van der Waals surface area contributed by atoms with E-state index in [0.717, 1.165) is 0 Å². The van der Waals surface area contributed by atoms with Crippen LogP contribution in [0.15, 0.2) is 24.4 Å². The molecule has 66 valence electrons. The fourth-order valence-corrected chi connectivity index (χ4v) is 1.39. The average Bonchev–Trinajstić information content (AvgIpc) is 2.12. The van der Waals surface area contributed by atoms with Crippen LogP contribution in [0.4, 0.5) is 4.39 Å². The molecule has 4 heteroatoms. The predicted octanol–water partition coefficient (Wildman–Crippen LogP) is 2.73. The molecule has 2 rings (SSSR count). The summed E-state index contributed by atoms with van der Waals surface area (Å²) in [6.45, 7) is 0. The van der Waals surface area contributed by atoms with Crippen molar-refractivity contribution in [2.24, 2.45) is 0 Å². The predicted molar refractivity (Wildman–Crippen MR) is 48.4 cm³/mol. The molecule has 0 amide bonds. The van der Waals surface area contributed by atoms with Crippen molar-refractivity contribution < 1.29 is 9.50 Å². The maximum absolute atomic E-state index is 13.2. The van der Waals surface area contributed by atoms with Crippen molar-refractivity contribution >= 4 is 22.4 Å². The van der Waals surface area contributed by atoms with Gasteiger partial charge in [0.2, 0.25) is 0 Å². The van der Waals surface area contributed by atoms with Crippen LogP contribution < -0.4 is 0 Å². The van der Waals surface area contributed by atoms with Gasteiger partial charge in [-0.15, -0.1) is 0 Å². The van der Waals surface area contributed by atoms with E-state index in [9.17, 15) is 4.39 Å². The largest absolute Gasteiger partial charge is 0.505 e. The molecule has 0 spiro atoms. The Balaban J connectivity index is 2.94. The van der Waals surface area contributed by atoms with Gasteiger partial charge >= 0.3 is 0 Å². The molecule has 2 nitrogen and oxygen atoms in total. The van der Waals surface area contributed by atoms with Gasteiger partial charge in [0.15, 0.2) is 11.6 Å². The van der Waals surface area contributed by atoms with Crippen LogP contribution in [0.2, 0.25) is 5.15 Å². The van der Waals surface area contributed by atoms with Crippen molar-refractivity contribution in [1.82, 2.24) is 4.98 Å². The molecule has 0 fully saturated rings. The number of benzene rings is 1. The van der Waals surface area contributed by atoms with Crippen molar-refractivity contribution in [3.8, 4) is 5.75 Å². The van der Waals surface area contributed by atoms with Crippen molar-refractivity contribution in [3.05, 3.63) is 35.4 Å². The smallest absolute Gasteiger partial charge is 0.172 e. The maximum Gasteiger partial charge on any atom is 0.172 e. The summed E-state index contributed by atoms with van der Waals surface area (Å²) in [6.07, 6.45) is 1.40. The second-order valence-corrected chi connectivity index (χ2v) is 2.95. The Kier molecular flexibility index (Phi) is 1.81. The van der Waals surface area contributed by atoms with E-state index in [1.165, 1.54) is 24.4 Å². The molecule has 1 aromatic heterocycles. The van der Waals surface area contributed by atoms with Crippen LogP contribution in [0.1, 0.15) is 0 Å². The highest BCUT2D eigenvalue weighted by molar-refractivity contribution is 6.34. The first-order valence-electron chi connectivity index (χ1n) is 3.62. The van der Waals surface area contributed by atoms with E-state index in [-0.39, 0.29) is 16.3 Å². The first-order valence-corrected chi connectivity index (χ1v) is 3.99. The fraction of sp³-hybridized carbons (Fsp3) is 0. The van der Waals surface area contributed by atoms with Gasteiger partial charge < -0.3 is 5.11 Å². The third-order valence-corrected chi connectivity index (χ3v) is 2.11. The number of phenols is 1. The molecule has 0 bridgehead atoms. The van der Waals surface area contributed by atoms with E-state index in [1.807, 2.05) is 0 Å². The number of fused-ring (bicyclic) bond motifs is 1. The number of rotatable bonds is 0. The summed E-state index contributed by atoms with van der Waals surface area (Å²) in [4.78, 5) is 3.80. The van der Waals surface area contributed by atoms with Gasteiger partial charge in [-0.3, -0.25) is 0 Å². The Morgan fingerprint density at radius 2 is 2.00 bits per heavy atom. The highest BCUT2D eigenvalue weighted by Crippen LogP contribution is 2.28. The van der Waals surface area contributed by atoms with Crippen LogP contribution in [0, 0.1) is 5.82 Å². The van der Waals surface area contributed by atoms with E-state index < -0.39 is 5.82 Å². The van der Waals surface area contributed by atoms with Crippen LogP contribution in [-0.2, 0) is 0 Å². The van der Waals surface area contributed by atoms with Crippen LogP contribution in [0.5, 0.6) is 5.75 Å². The normalized spacial score (nSPS) is 10.6. The molecule has 0 atom stereocenters. The van der Waals surface area contributed by atoms with Crippen molar-refractivity contribution in [3.63, 3.8) is 0 Å². The zero-order chi connectivity index (χ0) is 9.42. The summed E-state index contributed by atoms with van der Waals surface area (Å²) in [7, 11) is 0. The van der Waals surface area contributed by atoms with Crippen LogP contribution in [0.3, 0.4) is 0 Å². The first-order chi connectivity index (χ1) is 6.20. The van der Waals surface area contributed by atoms with Gasteiger partial charge in [-0.25, -0.2) is 9.37 Å². The van der Waals surface area contributed by atoms with Crippen molar-refractivity contribution in [2.75, 3.05) is 0 Å². The summed E-state index contributed by atoms with van der Waals surface area (Å²) in [5.41, 5.74) is 0. The highest BCUT2D eigenvalue weighted by Gasteiger charge is 2.07. The lowest BCUT2D eigenvalue weighted by Crippen LogP contribution is -1.83. The van der Waals surface area contributed by atoms with Gasteiger partial charge in [0.25, 0.3) is 0 Å². The third kappa shape index (κ3) is 1.21. The zero-order valence-corrected chi connectivity index (χ0v) is 7.22. The molecule has 0 aliphatic carbocycles. The second kappa shape index (κ2) is 2.85. The minimum Gasteiger partial charge on any atom is -0.505 e. The van der Waals surface area contributed by atoms with E-state index in [2.05, 4.69) is 4.98 Å². The van der Waals surface area contributed by atoms with E-state index in [1.54, 1.807) is 0 Å². The lowest BCUT2D eigenvalue weighted by Gasteiger charge is -2.01. The fourth-order valence-electron chi connectivity index (χ4n) is 1.17. The quantitative estimate of drug-likeness (QED) is 0.659. The second-order valence-electron chi connectivity index (χ2n) is 2.60. The standard InChI is InChI=1S/C9H5ClFNO/c10-9-6-1-2-7(13)8(11)5(6)3-4-12-9/h1-4,13H. The van der Waals surface area contributed by atoms with E-state index in [0.29, 0.717) is 5.39 Å². The van der Waals surface area contributed by atoms with Gasteiger partial charge in [0.1, 0.15) is 5.15 Å². The Morgan fingerprint density at radius 1 is 1.23 bits per heavy atom. The lowest BCUT2D eigenvalue weighted by molar-refractivity contribution is 0.436. The summed E-state index contributed by atoms with van der Waals surface area (Å²) >= 11 is 5.72. The molecular formula is C9H5ClFNO. The number of aromatic hydroxyl groups is 1. The molecule has 13 heavy (non-hydrogen) atoms. The maximum atomic E-state index is 13.2. The Labute approximate surface area is 78.6 Å². The Hall–Kier alpha value is -1.35. The molecule has 0 radical (unpaired) electrons. The molecule has 0 saturated heterocycles. The van der Waals surface area contributed by atoms with Crippen LogP contribution in [-0.4, -0.2) is 10.1 Å². The van der Waals surface area contributed by atoms with Gasteiger partial charge in [0, 0.05) is 17.0 Å². The minimum absolute atomic E-state index is 0.233. The lowest BCUT2D eigenvalue weighted by atomic mass is 10.1. The summed E-state index contributed by atoms with van der Waals surface area (Å²) < 4.78 is 13.2. The average molecular weight is 198 g/mol. The third-order valence-electron chi connectivity index (χ3n) is 1.81. The molecule has 0 aliphatic rings. The zero-order valence-electron chi connectivity index (χ0n) is 6.46. The van der Waals surface area contributed by atoms with E-state index in [4.69, 9.17) is 16.7 Å². The summed E-state index contributed by atoms with van der Waals surface area (Å²) in [5.74, 6) is -1.04. The minimum atomic E-state index is -0.665. The number of phenolic OH excluding ortho intramolecular Hbond substituents is 1. The molecule has 0 aliphatic heterocycles. The molecular weight excluding hydrogens is 193 g/mol. The number of hydrogen-bond donors (Lipinski definition) is 1. The van der Waals surface area contributed by atoms with Crippen LogP contribution >= 0.6 is 11.6 Å². The number of pyridine rings is 1. The topological polar surface area (TPSA) is 33.1 Å². The molecule has 1 N–H and O–H groups in total. The van der Waals surface area contributed by atoms with Gasteiger partial charge in [0.05, 0.1) is 0 Å². The van der Waals surface area contributed by atoms with Crippen molar-refractivity contribution in [1.29, 1.82) is 0 Å². The number of nitrogens with zero attached hydrogens (tertiary/aromatic N) is 1. The molecule has 0 unspecified atom stereocenters. The number of halogens is 2. The van der Waals surface area contributed by atoms with Gasteiger partial charge in [-0.05, 0) is 18.2 Å². The van der Waals surface area contributed by atoms with Gasteiger partial charge in [-0.2, -0.15) is 0 Å². The number of aromatic nitrogens is 1. The van der Waals surface area contributed by atoms with Crippen molar-refractivity contribution in [2.45, 2.75) is 0 Å². The highest BCUT2D eigenvalue weighted by atomic mass is 35.5.